The summed E-state index contributed by atoms with van der Waals surface area (Å²) in [4.78, 5) is 26.8. The Morgan fingerprint density at radius 1 is 0.960 bits per heavy atom. The number of amides is 2. The largest absolute Gasteiger partial charge is 0.349 e. The summed E-state index contributed by atoms with van der Waals surface area (Å²) < 4.78 is 0. The van der Waals surface area contributed by atoms with Crippen LogP contribution in [0.15, 0.2) is 48.5 Å². The van der Waals surface area contributed by atoms with Gasteiger partial charge >= 0.3 is 0 Å². The average molecular weight is 336 g/mol. The number of carbonyl (C=O) groups is 2. The van der Waals surface area contributed by atoms with Crippen molar-refractivity contribution in [3.05, 3.63) is 70.8 Å². The molecular formula is C21H24N2O2. The zero-order valence-electron chi connectivity index (χ0n) is 14.8. The second-order valence-electron chi connectivity index (χ2n) is 6.72. The molecule has 1 aliphatic rings. The SMILES string of the molecule is Cc1ccc(C(=O)N2CCC(NC(=O)c3ccccc3C)CC2)cc1. The topological polar surface area (TPSA) is 49.4 Å². The van der Waals surface area contributed by atoms with Crippen LogP contribution in [0.4, 0.5) is 0 Å². The van der Waals surface area contributed by atoms with Gasteiger partial charge in [-0.2, -0.15) is 0 Å². The van der Waals surface area contributed by atoms with E-state index in [1.54, 1.807) is 0 Å². The van der Waals surface area contributed by atoms with Gasteiger partial charge in [-0.15, -0.1) is 0 Å². The fraction of sp³-hybridized carbons (Fsp3) is 0.333. The first-order chi connectivity index (χ1) is 12.0. The number of carbonyl (C=O) groups excluding carboxylic acids is 2. The quantitative estimate of drug-likeness (QED) is 0.934. The van der Waals surface area contributed by atoms with Crippen molar-refractivity contribution < 1.29 is 9.59 Å². The Hall–Kier alpha value is -2.62. The van der Waals surface area contributed by atoms with Gasteiger partial charge in [-0.3, -0.25) is 9.59 Å². The van der Waals surface area contributed by atoms with Crippen molar-refractivity contribution in [2.75, 3.05) is 13.1 Å². The van der Waals surface area contributed by atoms with E-state index < -0.39 is 0 Å². The maximum atomic E-state index is 12.5. The minimum absolute atomic E-state index is 0.0265. The van der Waals surface area contributed by atoms with Crippen molar-refractivity contribution >= 4 is 11.8 Å². The summed E-state index contributed by atoms with van der Waals surface area (Å²) in [6, 6.07) is 15.4. The molecule has 25 heavy (non-hydrogen) atoms. The van der Waals surface area contributed by atoms with Gasteiger partial charge in [0.25, 0.3) is 11.8 Å². The lowest BCUT2D eigenvalue weighted by Gasteiger charge is -2.32. The van der Waals surface area contributed by atoms with E-state index in [1.165, 1.54) is 0 Å². The third kappa shape index (κ3) is 4.08. The van der Waals surface area contributed by atoms with E-state index in [1.807, 2.05) is 67.3 Å². The number of likely N-dealkylation sites (tertiary alicyclic amines) is 1. The Labute approximate surface area is 148 Å². The summed E-state index contributed by atoms with van der Waals surface area (Å²) in [6.45, 7) is 5.30. The van der Waals surface area contributed by atoms with Gasteiger partial charge in [-0.1, -0.05) is 35.9 Å². The molecule has 1 aliphatic heterocycles. The normalized spacial score (nSPS) is 15.0. The van der Waals surface area contributed by atoms with E-state index in [-0.39, 0.29) is 17.9 Å². The third-order valence-corrected chi connectivity index (χ3v) is 4.81. The Bertz CT molecular complexity index is 760. The minimum Gasteiger partial charge on any atom is -0.349 e. The van der Waals surface area contributed by atoms with Crippen molar-refractivity contribution in [2.24, 2.45) is 0 Å². The van der Waals surface area contributed by atoms with Crippen molar-refractivity contribution in [1.82, 2.24) is 10.2 Å². The first kappa shape index (κ1) is 17.2. The first-order valence-corrected chi connectivity index (χ1v) is 8.77. The lowest BCUT2D eigenvalue weighted by Crippen LogP contribution is -2.46. The number of rotatable bonds is 3. The van der Waals surface area contributed by atoms with E-state index in [0.717, 1.165) is 35.1 Å². The molecule has 4 heteroatoms. The van der Waals surface area contributed by atoms with Gasteiger partial charge in [0.05, 0.1) is 0 Å². The fourth-order valence-corrected chi connectivity index (χ4v) is 3.20. The molecule has 3 rings (SSSR count). The molecule has 0 spiro atoms. The predicted molar refractivity (Wildman–Crippen MR) is 98.7 cm³/mol. The summed E-state index contributed by atoms with van der Waals surface area (Å²) in [5.74, 6) is 0.0464. The average Bonchev–Trinajstić information content (AvgIpc) is 2.63. The monoisotopic (exact) mass is 336 g/mol. The Kier molecular flexibility index (Phi) is 5.17. The fourth-order valence-electron chi connectivity index (χ4n) is 3.20. The van der Waals surface area contributed by atoms with Gasteiger partial charge in [0, 0.05) is 30.3 Å². The molecule has 0 radical (unpaired) electrons. The van der Waals surface area contributed by atoms with Gasteiger partial charge in [-0.05, 0) is 50.5 Å². The highest BCUT2D eigenvalue weighted by atomic mass is 16.2. The highest BCUT2D eigenvalue weighted by Gasteiger charge is 2.25. The molecule has 0 bridgehead atoms. The molecule has 1 fully saturated rings. The summed E-state index contributed by atoms with van der Waals surface area (Å²) in [5.41, 5.74) is 3.58. The smallest absolute Gasteiger partial charge is 0.253 e. The van der Waals surface area contributed by atoms with Crippen LogP contribution in [-0.4, -0.2) is 35.8 Å². The summed E-state index contributed by atoms with van der Waals surface area (Å²) in [6.07, 6.45) is 1.57. The molecule has 0 saturated carbocycles. The van der Waals surface area contributed by atoms with E-state index in [0.29, 0.717) is 13.1 Å². The summed E-state index contributed by atoms with van der Waals surface area (Å²) in [5, 5.41) is 3.11. The molecule has 4 nitrogen and oxygen atoms in total. The second kappa shape index (κ2) is 7.51. The summed E-state index contributed by atoms with van der Waals surface area (Å²) in [7, 11) is 0. The Balaban J connectivity index is 1.55. The second-order valence-corrected chi connectivity index (χ2v) is 6.72. The van der Waals surface area contributed by atoms with Crippen LogP contribution in [0, 0.1) is 13.8 Å². The standard InChI is InChI=1S/C21H24N2O2/c1-15-7-9-17(10-8-15)21(25)23-13-11-18(12-14-23)22-20(24)19-6-4-3-5-16(19)2/h3-10,18H,11-14H2,1-2H3,(H,22,24). The number of hydrogen-bond acceptors (Lipinski definition) is 2. The molecule has 0 unspecified atom stereocenters. The molecule has 0 aromatic heterocycles. The van der Waals surface area contributed by atoms with Crippen LogP contribution in [0.3, 0.4) is 0 Å². The van der Waals surface area contributed by atoms with E-state index in [4.69, 9.17) is 0 Å². The molecule has 0 atom stereocenters. The molecule has 2 aromatic carbocycles. The minimum atomic E-state index is -0.0265. The molecule has 1 saturated heterocycles. The van der Waals surface area contributed by atoms with E-state index in [9.17, 15) is 9.59 Å². The third-order valence-electron chi connectivity index (χ3n) is 4.81. The number of aryl methyl sites for hydroxylation is 2. The van der Waals surface area contributed by atoms with Crippen molar-refractivity contribution in [2.45, 2.75) is 32.7 Å². The number of nitrogens with zero attached hydrogens (tertiary/aromatic N) is 1. The molecule has 2 amide bonds. The van der Waals surface area contributed by atoms with E-state index in [2.05, 4.69) is 5.32 Å². The van der Waals surface area contributed by atoms with Gasteiger partial charge < -0.3 is 10.2 Å². The Morgan fingerprint density at radius 2 is 1.60 bits per heavy atom. The number of benzene rings is 2. The lowest BCUT2D eigenvalue weighted by atomic mass is 10.0. The van der Waals surface area contributed by atoms with Gasteiger partial charge in [0.15, 0.2) is 0 Å². The highest BCUT2D eigenvalue weighted by Crippen LogP contribution is 2.16. The maximum absolute atomic E-state index is 12.5. The zero-order chi connectivity index (χ0) is 17.8. The van der Waals surface area contributed by atoms with E-state index >= 15 is 0 Å². The van der Waals surface area contributed by atoms with Gasteiger partial charge in [0.1, 0.15) is 0 Å². The molecule has 130 valence electrons. The van der Waals surface area contributed by atoms with Crippen LogP contribution in [0.1, 0.15) is 44.7 Å². The van der Waals surface area contributed by atoms with Crippen molar-refractivity contribution in [3.63, 3.8) is 0 Å². The molecule has 0 aliphatic carbocycles. The molecule has 2 aromatic rings. The summed E-state index contributed by atoms with van der Waals surface area (Å²) >= 11 is 0. The first-order valence-electron chi connectivity index (χ1n) is 8.77. The van der Waals surface area contributed by atoms with Gasteiger partial charge in [-0.25, -0.2) is 0 Å². The van der Waals surface area contributed by atoms with Crippen molar-refractivity contribution in [3.8, 4) is 0 Å². The van der Waals surface area contributed by atoms with Crippen LogP contribution in [-0.2, 0) is 0 Å². The predicted octanol–water partition coefficient (Wildman–Crippen LogP) is 3.34. The number of piperidine rings is 1. The molecule has 1 heterocycles. The molecular weight excluding hydrogens is 312 g/mol. The maximum Gasteiger partial charge on any atom is 0.253 e. The van der Waals surface area contributed by atoms with Crippen LogP contribution in [0.5, 0.6) is 0 Å². The van der Waals surface area contributed by atoms with Crippen LogP contribution in [0.2, 0.25) is 0 Å². The van der Waals surface area contributed by atoms with Gasteiger partial charge in [0.2, 0.25) is 0 Å². The molecule has 1 N–H and O–H groups in total. The number of nitrogens with one attached hydrogen (secondary N) is 1. The number of hydrogen-bond donors (Lipinski definition) is 1. The Morgan fingerprint density at radius 3 is 2.24 bits per heavy atom. The highest BCUT2D eigenvalue weighted by molar-refractivity contribution is 5.96. The van der Waals surface area contributed by atoms with Crippen LogP contribution < -0.4 is 5.32 Å². The lowest BCUT2D eigenvalue weighted by molar-refractivity contribution is 0.0698. The zero-order valence-corrected chi connectivity index (χ0v) is 14.8. The van der Waals surface area contributed by atoms with Crippen LogP contribution >= 0.6 is 0 Å². The van der Waals surface area contributed by atoms with Crippen molar-refractivity contribution in [1.29, 1.82) is 0 Å². The van der Waals surface area contributed by atoms with Crippen LogP contribution in [0.25, 0.3) is 0 Å².